The van der Waals surface area contributed by atoms with Crippen LogP contribution in [0.4, 0.5) is 0 Å². The number of hydrogen-bond acceptors (Lipinski definition) is 4. The predicted molar refractivity (Wildman–Crippen MR) is 62.0 cm³/mol. The highest BCUT2D eigenvalue weighted by atomic mass is 35.5. The van der Waals surface area contributed by atoms with Crippen molar-refractivity contribution >= 4 is 22.6 Å². The molecule has 1 aliphatic rings. The Morgan fingerprint density at radius 2 is 2.41 bits per heavy atom. The van der Waals surface area contributed by atoms with Crippen molar-refractivity contribution in [2.24, 2.45) is 0 Å². The van der Waals surface area contributed by atoms with Gasteiger partial charge in [-0.2, -0.15) is 10.1 Å². The molecule has 0 radical (unpaired) electrons. The molecule has 1 N–H and O–H groups in total. The van der Waals surface area contributed by atoms with E-state index in [1.54, 1.807) is 4.68 Å². The molecule has 0 aromatic carbocycles. The minimum absolute atomic E-state index is 0.0695. The number of H-pyrrole nitrogens is 1. The van der Waals surface area contributed by atoms with Crippen LogP contribution in [0.5, 0.6) is 0 Å². The average Bonchev–Trinajstić information content (AvgIpc) is 2.74. The van der Waals surface area contributed by atoms with Crippen molar-refractivity contribution in [1.82, 2.24) is 19.7 Å². The lowest BCUT2D eigenvalue weighted by atomic mass is 10.2. The number of rotatable bonds is 1. The monoisotopic (exact) mass is 254 g/mol. The number of aromatic nitrogens is 4. The summed E-state index contributed by atoms with van der Waals surface area (Å²) in [5, 5.41) is 4.67. The minimum atomic E-state index is -0.276. The maximum atomic E-state index is 11.6. The van der Waals surface area contributed by atoms with Crippen molar-refractivity contribution in [3.05, 3.63) is 21.8 Å². The first-order valence-electron chi connectivity index (χ1n) is 5.50. The van der Waals surface area contributed by atoms with Crippen molar-refractivity contribution in [3.8, 4) is 0 Å². The first-order valence-corrected chi connectivity index (χ1v) is 5.88. The van der Waals surface area contributed by atoms with Gasteiger partial charge in [-0.1, -0.05) is 0 Å². The second kappa shape index (κ2) is 4.12. The molecule has 0 saturated carbocycles. The molecule has 3 rings (SSSR count). The number of halogens is 1. The second-order valence-electron chi connectivity index (χ2n) is 4.00. The quantitative estimate of drug-likeness (QED) is 0.782. The third-order valence-electron chi connectivity index (χ3n) is 2.86. The van der Waals surface area contributed by atoms with E-state index in [0.717, 1.165) is 19.3 Å². The largest absolute Gasteiger partial charge is 0.356 e. The fourth-order valence-electron chi connectivity index (χ4n) is 2.04. The van der Waals surface area contributed by atoms with Crippen molar-refractivity contribution in [3.63, 3.8) is 0 Å². The van der Waals surface area contributed by atoms with E-state index in [9.17, 15) is 4.79 Å². The van der Waals surface area contributed by atoms with Crippen LogP contribution >= 0.6 is 11.6 Å². The zero-order valence-corrected chi connectivity index (χ0v) is 9.78. The Morgan fingerprint density at radius 1 is 1.53 bits per heavy atom. The summed E-state index contributed by atoms with van der Waals surface area (Å²) in [6.45, 7) is 0.711. The lowest BCUT2D eigenvalue weighted by Crippen LogP contribution is -2.20. The van der Waals surface area contributed by atoms with Gasteiger partial charge in [-0.3, -0.25) is 9.78 Å². The number of hydrogen-bond donors (Lipinski definition) is 1. The Kier molecular flexibility index (Phi) is 2.60. The van der Waals surface area contributed by atoms with E-state index < -0.39 is 0 Å². The lowest BCUT2D eigenvalue weighted by Gasteiger charge is -2.22. The summed E-state index contributed by atoms with van der Waals surface area (Å²) in [5.74, 6) is 0. The van der Waals surface area contributed by atoms with Crippen molar-refractivity contribution in [2.45, 2.75) is 25.5 Å². The van der Waals surface area contributed by atoms with E-state index in [1.807, 2.05) is 0 Å². The second-order valence-corrected chi connectivity index (χ2v) is 4.36. The molecule has 17 heavy (non-hydrogen) atoms. The summed E-state index contributed by atoms with van der Waals surface area (Å²) in [4.78, 5) is 18.2. The minimum Gasteiger partial charge on any atom is -0.356 e. The molecule has 3 heterocycles. The average molecular weight is 255 g/mol. The van der Waals surface area contributed by atoms with Gasteiger partial charge in [0.05, 0.1) is 6.20 Å². The number of nitrogens with zero attached hydrogens (tertiary/aromatic N) is 3. The van der Waals surface area contributed by atoms with Crippen LogP contribution in [-0.2, 0) is 4.74 Å². The normalized spacial score (nSPS) is 20.9. The molecule has 1 fully saturated rings. The lowest BCUT2D eigenvalue weighted by molar-refractivity contribution is -0.0370. The standard InChI is InChI=1S/C10H11ClN4O2/c11-10-13-8-6(9(16)14-10)5-12-15(8)7-3-1-2-4-17-7/h5,7H,1-4H2,(H,13,14,16). The fraction of sp³-hybridized carbons (Fsp3) is 0.500. The highest BCUT2D eigenvalue weighted by Crippen LogP contribution is 2.24. The van der Waals surface area contributed by atoms with Crippen LogP contribution in [0, 0.1) is 0 Å². The van der Waals surface area contributed by atoms with Crippen molar-refractivity contribution in [1.29, 1.82) is 0 Å². The Bertz CT molecular complexity index is 600. The van der Waals surface area contributed by atoms with E-state index in [-0.39, 0.29) is 17.1 Å². The van der Waals surface area contributed by atoms with E-state index in [4.69, 9.17) is 16.3 Å². The summed E-state index contributed by atoms with van der Waals surface area (Å²) >= 11 is 5.74. The maximum absolute atomic E-state index is 11.6. The van der Waals surface area contributed by atoms with E-state index in [1.165, 1.54) is 6.20 Å². The van der Waals surface area contributed by atoms with E-state index in [0.29, 0.717) is 17.6 Å². The fourth-order valence-corrected chi connectivity index (χ4v) is 2.20. The van der Waals surface area contributed by atoms with Gasteiger partial charge in [-0.25, -0.2) is 4.68 Å². The molecule has 7 heteroatoms. The SMILES string of the molecule is O=c1[nH]c(Cl)nc2c1cnn2C1CCCCO1. The Hall–Kier alpha value is -1.40. The maximum Gasteiger partial charge on any atom is 0.262 e. The highest BCUT2D eigenvalue weighted by molar-refractivity contribution is 6.28. The Morgan fingerprint density at radius 3 is 3.18 bits per heavy atom. The van der Waals surface area contributed by atoms with Gasteiger partial charge in [0.2, 0.25) is 5.28 Å². The smallest absolute Gasteiger partial charge is 0.262 e. The summed E-state index contributed by atoms with van der Waals surface area (Å²) in [6.07, 6.45) is 4.37. The van der Waals surface area contributed by atoms with Gasteiger partial charge in [0.15, 0.2) is 11.9 Å². The topological polar surface area (TPSA) is 72.8 Å². The summed E-state index contributed by atoms with van der Waals surface area (Å²) < 4.78 is 7.25. The molecular formula is C10H11ClN4O2. The molecular weight excluding hydrogens is 244 g/mol. The third kappa shape index (κ3) is 1.83. The molecule has 0 aliphatic carbocycles. The van der Waals surface area contributed by atoms with Gasteiger partial charge in [-0.15, -0.1) is 0 Å². The summed E-state index contributed by atoms with van der Waals surface area (Å²) in [5.41, 5.74) is 0.202. The molecule has 2 aromatic rings. The Balaban J connectivity index is 2.13. The van der Waals surface area contributed by atoms with Crippen molar-refractivity contribution in [2.75, 3.05) is 6.61 Å². The van der Waals surface area contributed by atoms with Gasteiger partial charge in [-0.05, 0) is 30.9 Å². The number of nitrogens with one attached hydrogen (secondary N) is 1. The van der Waals surface area contributed by atoms with Crippen LogP contribution in [0.3, 0.4) is 0 Å². The van der Waals surface area contributed by atoms with Crippen LogP contribution in [0.2, 0.25) is 5.28 Å². The Labute approximate surface area is 102 Å². The number of ether oxygens (including phenoxy) is 1. The van der Waals surface area contributed by atoms with Gasteiger partial charge >= 0.3 is 0 Å². The van der Waals surface area contributed by atoms with Gasteiger partial charge in [0, 0.05) is 6.61 Å². The molecule has 6 nitrogen and oxygen atoms in total. The highest BCUT2D eigenvalue weighted by Gasteiger charge is 2.20. The molecule has 1 unspecified atom stereocenters. The molecule has 0 amide bonds. The summed E-state index contributed by atoms with van der Waals surface area (Å²) in [6, 6.07) is 0. The predicted octanol–water partition coefficient (Wildman–Crippen LogP) is 1.47. The molecule has 0 bridgehead atoms. The first-order chi connectivity index (χ1) is 8.25. The molecule has 1 saturated heterocycles. The van der Waals surface area contributed by atoms with Crippen LogP contribution in [0.1, 0.15) is 25.5 Å². The molecule has 90 valence electrons. The molecule has 0 spiro atoms. The summed E-state index contributed by atoms with van der Waals surface area (Å²) in [7, 11) is 0. The molecule has 1 atom stereocenters. The van der Waals surface area contributed by atoms with E-state index >= 15 is 0 Å². The molecule has 2 aromatic heterocycles. The number of fused-ring (bicyclic) bond motifs is 1. The third-order valence-corrected chi connectivity index (χ3v) is 3.04. The van der Waals surface area contributed by atoms with Crippen LogP contribution in [0.15, 0.2) is 11.0 Å². The van der Waals surface area contributed by atoms with Crippen LogP contribution in [-0.4, -0.2) is 26.4 Å². The van der Waals surface area contributed by atoms with Crippen LogP contribution < -0.4 is 5.56 Å². The van der Waals surface area contributed by atoms with E-state index in [2.05, 4.69) is 15.1 Å². The van der Waals surface area contributed by atoms with Gasteiger partial charge in [0.25, 0.3) is 5.56 Å². The zero-order valence-electron chi connectivity index (χ0n) is 9.02. The molecule has 1 aliphatic heterocycles. The van der Waals surface area contributed by atoms with Gasteiger partial charge in [0.1, 0.15) is 5.39 Å². The zero-order chi connectivity index (χ0) is 11.8. The van der Waals surface area contributed by atoms with Gasteiger partial charge < -0.3 is 4.74 Å². The van der Waals surface area contributed by atoms with Crippen molar-refractivity contribution < 1.29 is 4.74 Å². The first kappa shape index (κ1) is 10.7. The number of aromatic amines is 1. The van der Waals surface area contributed by atoms with Crippen LogP contribution in [0.25, 0.3) is 11.0 Å².